The molecule has 0 aromatic rings. The molecule has 254 valence electrons. The minimum absolute atomic E-state index is 0.0443. The second-order valence-electron chi connectivity index (χ2n) is 9.89. The molecule has 15 heteroatoms. The van der Waals surface area contributed by atoms with Gasteiger partial charge in [-0.15, -0.1) is 35.3 Å². The fourth-order valence-corrected chi connectivity index (χ4v) is 5.59. The molecule has 0 N–H and O–H groups in total. The lowest BCUT2D eigenvalue weighted by atomic mass is 9.88. The third-order valence-electron chi connectivity index (χ3n) is 5.94. The number of esters is 6. The molecule has 3 atom stereocenters. The molecule has 0 amide bonds. The van der Waals surface area contributed by atoms with Gasteiger partial charge in [0.1, 0.15) is 19.8 Å². The lowest BCUT2D eigenvalue weighted by Crippen LogP contribution is -2.39. The maximum Gasteiger partial charge on any atom is 0.315 e. The molecule has 0 rings (SSSR count). The van der Waals surface area contributed by atoms with E-state index < -0.39 is 59.0 Å². The smallest absolute Gasteiger partial charge is 0.315 e. The van der Waals surface area contributed by atoms with Crippen molar-refractivity contribution >= 4 is 71.1 Å². The molecular weight excluding hydrogens is 649 g/mol. The summed E-state index contributed by atoms with van der Waals surface area (Å²) in [5.74, 6) is -3.65. The van der Waals surface area contributed by atoms with E-state index in [1.165, 1.54) is 35.3 Å². The first kappa shape index (κ1) is 42.1. The normalized spacial score (nSPS) is 13.9. The van der Waals surface area contributed by atoms with Crippen molar-refractivity contribution in [2.24, 2.45) is 23.2 Å². The molecule has 0 saturated heterocycles. The summed E-state index contributed by atoms with van der Waals surface area (Å²) in [5.41, 5.74) is -1.04. The van der Waals surface area contributed by atoms with Gasteiger partial charge in [-0.05, 0) is 6.42 Å². The Bertz CT molecular complexity index is 895. The molecule has 0 saturated carbocycles. The standard InChI is InChI=1S/C30H44O12S3/c1-8-30(18-40-24(31)15-43-12-21(5)27(34)37-9-2,19-41-25(32)16-44-13-22(6)28(35)38-10-3)20-42-26(33)17-45-14-23(7)29(36)39-11-4/h9-11,21-23H,2-4,8,12-20H2,1,5-7H3. The molecule has 0 heterocycles. The minimum Gasteiger partial charge on any atom is -0.464 e. The Labute approximate surface area is 277 Å². The first-order valence-corrected chi connectivity index (χ1v) is 17.4. The van der Waals surface area contributed by atoms with Crippen molar-refractivity contribution in [3.8, 4) is 0 Å². The van der Waals surface area contributed by atoms with E-state index in [-0.39, 0.29) is 37.1 Å². The highest BCUT2D eigenvalue weighted by Gasteiger charge is 2.34. The average molecular weight is 693 g/mol. The van der Waals surface area contributed by atoms with Crippen LogP contribution in [0.4, 0.5) is 0 Å². The van der Waals surface area contributed by atoms with Gasteiger partial charge >= 0.3 is 35.8 Å². The summed E-state index contributed by atoms with van der Waals surface area (Å²) >= 11 is 3.57. The number of hydrogen-bond acceptors (Lipinski definition) is 15. The number of ether oxygens (including phenoxy) is 6. The monoisotopic (exact) mass is 692 g/mol. The largest absolute Gasteiger partial charge is 0.464 e. The molecule has 0 spiro atoms. The third kappa shape index (κ3) is 19.3. The fourth-order valence-electron chi connectivity index (χ4n) is 3.01. The van der Waals surface area contributed by atoms with Crippen LogP contribution >= 0.6 is 35.3 Å². The maximum atomic E-state index is 12.5. The highest BCUT2D eigenvalue weighted by molar-refractivity contribution is 8.00. The average Bonchev–Trinajstić information content (AvgIpc) is 3.01. The quantitative estimate of drug-likeness (QED) is 0.0762. The Morgan fingerprint density at radius 1 is 0.578 bits per heavy atom. The van der Waals surface area contributed by atoms with Crippen LogP contribution in [0, 0.1) is 23.2 Å². The molecule has 0 aromatic heterocycles. The first-order valence-electron chi connectivity index (χ1n) is 14.0. The van der Waals surface area contributed by atoms with Crippen molar-refractivity contribution < 1.29 is 57.2 Å². The van der Waals surface area contributed by atoms with Crippen LogP contribution in [0.1, 0.15) is 34.1 Å². The van der Waals surface area contributed by atoms with Gasteiger partial charge in [-0.1, -0.05) is 47.4 Å². The second kappa shape index (κ2) is 24.3. The molecule has 0 bridgehead atoms. The zero-order valence-corrected chi connectivity index (χ0v) is 28.7. The first-order chi connectivity index (χ1) is 21.3. The Morgan fingerprint density at radius 2 is 0.844 bits per heavy atom. The topological polar surface area (TPSA) is 158 Å². The van der Waals surface area contributed by atoms with Crippen molar-refractivity contribution in [2.75, 3.05) is 54.3 Å². The van der Waals surface area contributed by atoms with Crippen LogP contribution in [0.25, 0.3) is 0 Å². The fraction of sp³-hybridized carbons (Fsp3) is 0.600. The van der Waals surface area contributed by atoms with Crippen LogP contribution in [0.3, 0.4) is 0 Å². The van der Waals surface area contributed by atoms with E-state index in [2.05, 4.69) is 19.7 Å². The highest BCUT2D eigenvalue weighted by atomic mass is 32.2. The minimum atomic E-state index is -1.04. The van der Waals surface area contributed by atoms with Crippen molar-refractivity contribution in [1.29, 1.82) is 0 Å². The Kier molecular flexibility index (Phi) is 22.8. The molecule has 45 heavy (non-hydrogen) atoms. The van der Waals surface area contributed by atoms with Gasteiger partial charge in [-0.3, -0.25) is 28.8 Å². The van der Waals surface area contributed by atoms with Crippen molar-refractivity contribution in [3.63, 3.8) is 0 Å². The number of carbonyl (C=O) groups excluding carboxylic acids is 6. The Morgan fingerprint density at radius 3 is 1.07 bits per heavy atom. The van der Waals surface area contributed by atoms with Crippen LogP contribution in [-0.2, 0) is 57.2 Å². The predicted molar refractivity (Wildman–Crippen MR) is 174 cm³/mol. The Balaban J connectivity index is 5.16. The van der Waals surface area contributed by atoms with Crippen LogP contribution in [0.15, 0.2) is 38.5 Å². The number of hydrogen-bond donors (Lipinski definition) is 0. The Hall–Kier alpha value is -2.91. The molecule has 0 aliphatic heterocycles. The van der Waals surface area contributed by atoms with E-state index in [0.29, 0.717) is 23.7 Å². The van der Waals surface area contributed by atoms with Gasteiger partial charge in [0.05, 0.1) is 59.2 Å². The molecule has 0 fully saturated rings. The molecule has 0 aromatic carbocycles. The van der Waals surface area contributed by atoms with Gasteiger partial charge in [-0.2, -0.15) is 0 Å². The van der Waals surface area contributed by atoms with E-state index in [9.17, 15) is 28.8 Å². The van der Waals surface area contributed by atoms with E-state index in [1.54, 1.807) is 27.7 Å². The van der Waals surface area contributed by atoms with Crippen LogP contribution in [-0.4, -0.2) is 90.2 Å². The van der Waals surface area contributed by atoms with Crippen LogP contribution in [0.5, 0.6) is 0 Å². The summed E-state index contributed by atoms with van der Waals surface area (Å²) < 4.78 is 30.6. The summed E-state index contributed by atoms with van der Waals surface area (Å²) in [7, 11) is 0. The third-order valence-corrected chi connectivity index (χ3v) is 9.46. The van der Waals surface area contributed by atoms with Gasteiger partial charge in [0.2, 0.25) is 0 Å². The second-order valence-corrected chi connectivity index (χ2v) is 13.0. The summed E-state index contributed by atoms with van der Waals surface area (Å²) in [6.07, 6.45) is 3.45. The van der Waals surface area contributed by atoms with E-state index in [1.807, 2.05) is 0 Å². The van der Waals surface area contributed by atoms with Gasteiger partial charge < -0.3 is 28.4 Å². The summed E-state index contributed by atoms with van der Waals surface area (Å²) in [5, 5.41) is 0. The maximum absolute atomic E-state index is 12.5. The zero-order valence-electron chi connectivity index (χ0n) is 26.3. The zero-order chi connectivity index (χ0) is 34.3. The molecule has 0 radical (unpaired) electrons. The highest BCUT2D eigenvalue weighted by Crippen LogP contribution is 2.26. The summed E-state index contributed by atoms with van der Waals surface area (Å²) in [6.45, 7) is 16.2. The summed E-state index contributed by atoms with van der Waals surface area (Å²) in [6, 6.07) is 0. The molecule has 12 nitrogen and oxygen atoms in total. The predicted octanol–water partition coefficient (Wildman–Crippen LogP) is 4.18. The lowest BCUT2D eigenvalue weighted by molar-refractivity contribution is -0.159. The van der Waals surface area contributed by atoms with Crippen molar-refractivity contribution in [2.45, 2.75) is 34.1 Å². The van der Waals surface area contributed by atoms with Crippen molar-refractivity contribution in [1.82, 2.24) is 0 Å². The molecule has 3 unspecified atom stereocenters. The number of rotatable bonds is 25. The van der Waals surface area contributed by atoms with Gasteiger partial charge in [0.25, 0.3) is 0 Å². The van der Waals surface area contributed by atoms with Gasteiger partial charge in [-0.25, -0.2) is 0 Å². The number of carbonyl (C=O) groups is 6. The number of thioether (sulfide) groups is 3. The van der Waals surface area contributed by atoms with E-state index in [4.69, 9.17) is 28.4 Å². The van der Waals surface area contributed by atoms with Crippen LogP contribution in [0.2, 0.25) is 0 Å². The van der Waals surface area contributed by atoms with Gasteiger partial charge in [0, 0.05) is 17.3 Å². The lowest BCUT2D eigenvalue weighted by Gasteiger charge is -2.31. The molecular formula is C30H44O12S3. The SMILES string of the molecule is C=COC(=O)C(C)CSCC(=O)OCC(CC)(COC(=O)CSCC(C)C(=O)OC=C)COC(=O)CSCC(C)C(=O)OC=C. The molecule has 0 aliphatic carbocycles. The van der Waals surface area contributed by atoms with Crippen LogP contribution < -0.4 is 0 Å². The van der Waals surface area contributed by atoms with E-state index in [0.717, 1.165) is 18.8 Å². The van der Waals surface area contributed by atoms with Crippen molar-refractivity contribution in [3.05, 3.63) is 38.5 Å². The molecule has 0 aliphatic rings. The summed E-state index contributed by atoms with van der Waals surface area (Å²) in [4.78, 5) is 72.6. The van der Waals surface area contributed by atoms with Gasteiger partial charge in [0.15, 0.2) is 0 Å². The van der Waals surface area contributed by atoms with E-state index >= 15 is 0 Å².